The average Bonchev–Trinajstić information content (AvgIpc) is 2.65. The fourth-order valence-corrected chi connectivity index (χ4v) is 1.88. The van der Waals surface area contributed by atoms with Gasteiger partial charge in [-0.2, -0.15) is 0 Å². The Labute approximate surface area is 90.0 Å². The van der Waals surface area contributed by atoms with E-state index in [0.29, 0.717) is 18.5 Å². The van der Waals surface area contributed by atoms with E-state index in [1.807, 2.05) is 6.07 Å². The van der Waals surface area contributed by atoms with Gasteiger partial charge in [0, 0.05) is 0 Å². The molecule has 0 unspecified atom stereocenters. The number of hydrogen-bond acceptors (Lipinski definition) is 3. The van der Waals surface area contributed by atoms with Gasteiger partial charge in [0.05, 0.1) is 6.04 Å². The van der Waals surface area contributed by atoms with Crippen LogP contribution in [0.1, 0.15) is 24.8 Å². The lowest BCUT2D eigenvalue weighted by atomic mass is 9.94. The monoisotopic (exact) mass is 204 g/mol. The van der Waals surface area contributed by atoms with Gasteiger partial charge in [-0.1, -0.05) is 37.3 Å². The topological polar surface area (TPSA) is 47.6 Å². The third-order valence-corrected chi connectivity index (χ3v) is 2.73. The molecule has 0 fully saturated rings. The first kappa shape index (κ1) is 10.0. The first-order chi connectivity index (χ1) is 7.25. The normalized spacial score (nSPS) is 21.9. The standard InChI is InChI=1S/C12H16N2O/c1-9(10-5-3-2-4-6-10)7-11-8-15-12(13)14-11/h2-6,9,11H,7-8H2,1H3,(H2,13,14)/t9-,11+/m1/s1. The van der Waals surface area contributed by atoms with Crippen molar-refractivity contribution in [2.75, 3.05) is 6.61 Å². The van der Waals surface area contributed by atoms with Crippen LogP contribution in [0.2, 0.25) is 0 Å². The molecule has 0 aromatic heterocycles. The van der Waals surface area contributed by atoms with Crippen molar-refractivity contribution in [2.45, 2.75) is 25.3 Å². The molecule has 80 valence electrons. The van der Waals surface area contributed by atoms with Crippen molar-refractivity contribution in [3.8, 4) is 0 Å². The highest BCUT2D eigenvalue weighted by Gasteiger charge is 2.19. The van der Waals surface area contributed by atoms with E-state index in [2.05, 4.69) is 36.2 Å². The van der Waals surface area contributed by atoms with Gasteiger partial charge in [0.15, 0.2) is 0 Å². The second-order valence-electron chi connectivity index (χ2n) is 3.98. The molecule has 1 aromatic carbocycles. The Morgan fingerprint density at radius 2 is 2.20 bits per heavy atom. The molecule has 0 radical (unpaired) electrons. The molecule has 1 heterocycles. The van der Waals surface area contributed by atoms with E-state index in [0.717, 1.165) is 6.42 Å². The van der Waals surface area contributed by atoms with Crippen LogP contribution in [0.15, 0.2) is 35.3 Å². The summed E-state index contributed by atoms with van der Waals surface area (Å²) in [6.07, 6.45) is 0.991. The van der Waals surface area contributed by atoms with Gasteiger partial charge in [0.25, 0.3) is 6.02 Å². The minimum absolute atomic E-state index is 0.222. The molecule has 3 heteroatoms. The van der Waals surface area contributed by atoms with E-state index in [1.165, 1.54) is 5.56 Å². The van der Waals surface area contributed by atoms with Crippen LogP contribution in [0.3, 0.4) is 0 Å². The van der Waals surface area contributed by atoms with Crippen molar-refractivity contribution >= 4 is 6.02 Å². The predicted octanol–water partition coefficient (Wildman–Crippen LogP) is 1.89. The number of benzene rings is 1. The van der Waals surface area contributed by atoms with Crippen LogP contribution in [-0.4, -0.2) is 18.7 Å². The predicted molar refractivity (Wildman–Crippen MR) is 60.8 cm³/mol. The molecule has 2 atom stereocenters. The average molecular weight is 204 g/mol. The zero-order valence-corrected chi connectivity index (χ0v) is 8.89. The molecule has 1 aliphatic heterocycles. The maximum Gasteiger partial charge on any atom is 0.282 e. The molecule has 0 amide bonds. The third-order valence-electron chi connectivity index (χ3n) is 2.73. The number of nitrogens with zero attached hydrogens (tertiary/aromatic N) is 1. The first-order valence-corrected chi connectivity index (χ1v) is 5.26. The van der Waals surface area contributed by atoms with E-state index in [4.69, 9.17) is 10.5 Å². The molecular weight excluding hydrogens is 188 g/mol. The summed E-state index contributed by atoms with van der Waals surface area (Å²) in [5.41, 5.74) is 6.81. The molecule has 15 heavy (non-hydrogen) atoms. The van der Waals surface area contributed by atoms with Crippen LogP contribution in [0.25, 0.3) is 0 Å². The van der Waals surface area contributed by atoms with Gasteiger partial charge >= 0.3 is 0 Å². The van der Waals surface area contributed by atoms with Crippen molar-refractivity contribution in [1.29, 1.82) is 0 Å². The Bertz CT molecular complexity index is 348. The lowest BCUT2D eigenvalue weighted by Crippen LogP contribution is -2.11. The molecule has 3 nitrogen and oxygen atoms in total. The van der Waals surface area contributed by atoms with Gasteiger partial charge in [0.1, 0.15) is 6.61 Å². The molecule has 0 saturated heterocycles. The van der Waals surface area contributed by atoms with Crippen molar-refractivity contribution in [3.63, 3.8) is 0 Å². The number of amidine groups is 1. The van der Waals surface area contributed by atoms with Crippen molar-refractivity contribution in [1.82, 2.24) is 0 Å². The Balaban J connectivity index is 1.96. The smallest absolute Gasteiger partial charge is 0.282 e. The second-order valence-corrected chi connectivity index (χ2v) is 3.98. The SMILES string of the molecule is C[C@H](C[C@H]1COC(N)=N1)c1ccccc1. The van der Waals surface area contributed by atoms with Gasteiger partial charge in [-0.25, -0.2) is 4.99 Å². The van der Waals surface area contributed by atoms with Gasteiger partial charge in [0.2, 0.25) is 0 Å². The second kappa shape index (κ2) is 4.34. The van der Waals surface area contributed by atoms with E-state index < -0.39 is 0 Å². The summed E-state index contributed by atoms with van der Waals surface area (Å²) >= 11 is 0. The molecule has 0 bridgehead atoms. The summed E-state index contributed by atoms with van der Waals surface area (Å²) in [6.45, 7) is 2.84. The summed E-state index contributed by atoms with van der Waals surface area (Å²) in [5.74, 6) is 0.495. The number of ether oxygens (including phenoxy) is 1. The van der Waals surface area contributed by atoms with Gasteiger partial charge in [-0.05, 0) is 17.9 Å². The zero-order valence-electron chi connectivity index (χ0n) is 8.89. The van der Waals surface area contributed by atoms with E-state index in [9.17, 15) is 0 Å². The molecule has 2 rings (SSSR count). The quantitative estimate of drug-likeness (QED) is 0.817. The summed E-state index contributed by atoms with van der Waals surface area (Å²) in [6, 6.07) is 11.0. The molecule has 2 N–H and O–H groups in total. The highest BCUT2D eigenvalue weighted by molar-refractivity contribution is 5.73. The first-order valence-electron chi connectivity index (χ1n) is 5.26. The zero-order chi connectivity index (χ0) is 10.7. The highest BCUT2D eigenvalue weighted by Crippen LogP contribution is 2.23. The summed E-state index contributed by atoms with van der Waals surface area (Å²) in [5, 5.41) is 0. The fourth-order valence-electron chi connectivity index (χ4n) is 1.88. The van der Waals surface area contributed by atoms with E-state index in [-0.39, 0.29) is 6.04 Å². The molecule has 0 spiro atoms. The fraction of sp³-hybridized carbons (Fsp3) is 0.417. The van der Waals surface area contributed by atoms with Crippen LogP contribution < -0.4 is 5.73 Å². The lowest BCUT2D eigenvalue weighted by Gasteiger charge is -2.13. The van der Waals surface area contributed by atoms with Crippen molar-refractivity contribution in [2.24, 2.45) is 10.7 Å². The number of hydrogen-bond donors (Lipinski definition) is 1. The molecule has 0 saturated carbocycles. The summed E-state index contributed by atoms with van der Waals surface area (Å²) in [7, 11) is 0. The largest absolute Gasteiger partial charge is 0.463 e. The van der Waals surface area contributed by atoms with Gasteiger partial charge in [-0.3, -0.25) is 0 Å². The maximum absolute atomic E-state index is 5.47. The van der Waals surface area contributed by atoms with E-state index in [1.54, 1.807) is 0 Å². The van der Waals surface area contributed by atoms with Crippen LogP contribution in [0, 0.1) is 0 Å². The molecule has 0 aliphatic carbocycles. The van der Waals surface area contributed by atoms with E-state index >= 15 is 0 Å². The lowest BCUT2D eigenvalue weighted by molar-refractivity contribution is 0.303. The number of rotatable bonds is 3. The van der Waals surface area contributed by atoms with Crippen LogP contribution in [0.5, 0.6) is 0 Å². The van der Waals surface area contributed by atoms with Gasteiger partial charge < -0.3 is 10.5 Å². The number of nitrogens with two attached hydrogens (primary N) is 1. The van der Waals surface area contributed by atoms with Crippen LogP contribution >= 0.6 is 0 Å². The minimum atomic E-state index is 0.222. The number of aliphatic imine (C=N–C) groups is 1. The van der Waals surface area contributed by atoms with Crippen molar-refractivity contribution < 1.29 is 4.74 Å². The Morgan fingerprint density at radius 1 is 1.47 bits per heavy atom. The van der Waals surface area contributed by atoms with Crippen molar-refractivity contribution in [3.05, 3.63) is 35.9 Å². The van der Waals surface area contributed by atoms with Gasteiger partial charge in [-0.15, -0.1) is 0 Å². The Kier molecular flexibility index (Phi) is 2.90. The maximum atomic E-state index is 5.47. The van der Waals surface area contributed by atoms with Crippen LogP contribution in [0.4, 0.5) is 0 Å². The molecule has 1 aromatic rings. The Hall–Kier alpha value is -1.51. The third kappa shape index (κ3) is 2.49. The molecular formula is C12H16N2O. The summed E-state index contributed by atoms with van der Waals surface area (Å²) in [4.78, 5) is 4.23. The summed E-state index contributed by atoms with van der Waals surface area (Å²) < 4.78 is 5.13. The highest BCUT2D eigenvalue weighted by atomic mass is 16.5. The minimum Gasteiger partial charge on any atom is -0.463 e. The molecule has 1 aliphatic rings. The Morgan fingerprint density at radius 3 is 2.80 bits per heavy atom. The van der Waals surface area contributed by atoms with Crippen LogP contribution in [-0.2, 0) is 4.74 Å².